The van der Waals surface area contributed by atoms with Gasteiger partial charge in [-0.15, -0.1) is 9.78 Å². The summed E-state index contributed by atoms with van der Waals surface area (Å²) in [6.45, 7) is 0.526. The second-order valence-corrected chi connectivity index (χ2v) is 10.0. The highest BCUT2D eigenvalue weighted by atomic mass is 19.1. The van der Waals surface area contributed by atoms with Crippen LogP contribution in [0.5, 0.6) is 17.5 Å². The lowest BCUT2D eigenvalue weighted by molar-refractivity contribution is -0.0520. The van der Waals surface area contributed by atoms with Gasteiger partial charge in [-0.05, 0) is 50.2 Å². The van der Waals surface area contributed by atoms with Gasteiger partial charge in [0.15, 0.2) is 17.4 Å². The molecule has 5 N–H and O–H groups in total. The van der Waals surface area contributed by atoms with Gasteiger partial charge >= 0.3 is 12.2 Å². The molecule has 0 aliphatic heterocycles. The van der Waals surface area contributed by atoms with Crippen molar-refractivity contribution in [3.05, 3.63) is 77.6 Å². The maximum atomic E-state index is 16.0. The Bertz CT molecular complexity index is 1640. The first-order valence-corrected chi connectivity index (χ1v) is 13.7. The van der Waals surface area contributed by atoms with Crippen molar-refractivity contribution < 1.29 is 42.4 Å². The molecule has 0 aliphatic carbocycles. The molecule has 46 heavy (non-hydrogen) atoms. The number of benzene rings is 2. The van der Waals surface area contributed by atoms with E-state index in [-0.39, 0.29) is 53.9 Å². The Hall–Kier alpha value is -5.58. The van der Waals surface area contributed by atoms with Gasteiger partial charge in [-0.1, -0.05) is 0 Å². The van der Waals surface area contributed by atoms with Crippen LogP contribution in [0.1, 0.15) is 36.8 Å². The zero-order valence-electron chi connectivity index (χ0n) is 25.1. The summed E-state index contributed by atoms with van der Waals surface area (Å²) in [5, 5.41) is 24.6. The Morgan fingerprint density at radius 2 is 1.89 bits per heavy atom. The Labute approximate surface area is 261 Å². The average Bonchev–Trinajstić information content (AvgIpc) is 3.47. The van der Waals surface area contributed by atoms with Crippen LogP contribution in [-0.4, -0.2) is 81.2 Å². The predicted molar refractivity (Wildman–Crippen MR) is 159 cm³/mol. The number of nitrogen functional groups attached to an aromatic ring is 1. The molecular weight excluding hydrogens is 610 g/mol. The van der Waals surface area contributed by atoms with Crippen molar-refractivity contribution in [3.8, 4) is 23.5 Å². The van der Waals surface area contributed by atoms with E-state index in [0.717, 1.165) is 4.68 Å². The number of alkyl halides is 1. The molecule has 2 aromatic heterocycles. The molecule has 0 spiro atoms. The Balaban J connectivity index is 1.78. The molecule has 2 heterocycles. The van der Waals surface area contributed by atoms with Gasteiger partial charge < -0.3 is 39.8 Å². The van der Waals surface area contributed by atoms with Crippen LogP contribution in [-0.2, 0) is 9.47 Å². The minimum absolute atomic E-state index is 0.0139. The summed E-state index contributed by atoms with van der Waals surface area (Å²) >= 11 is 0. The summed E-state index contributed by atoms with van der Waals surface area (Å²) in [6, 6.07) is 9.34. The van der Waals surface area contributed by atoms with Crippen LogP contribution in [0.25, 0.3) is 5.95 Å². The van der Waals surface area contributed by atoms with Crippen LogP contribution in [0.3, 0.4) is 0 Å². The predicted octanol–water partition coefficient (Wildman–Crippen LogP) is 3.30. The number of nitrogens with one attached hydrogen (secondary N) is 2. The van der Waals surface area contributed by atoms with Crippen molar-refractivity contribution in [1.29, 1.82) is 5.41 Å². The van der Waals surface area contributed by atoms with Crippen LogP contribution in [0.15, 0.2) is 54.9 Å². The Kier molecular flexibility index (Phi) is 10.8. The SMILES string of the molecule is COc1cc(OCCO)c(F)c([C@@H](Nc2ccc(C(=N)N)cc2)c2nc(OCOC(=O)OC(C)(C)CF)n(-c3ncccn3)n2)c1. The fraction of sp³-hybridized carbons (Fsp3) is 0.310. The number of nitrogens with two attached hydrogens (primary N) is 1. The van der Waals surface area contributed by atoms with Gasteiger partial charge in [0, 0.05) is 35.3 Å². The summed E-state index contributed by atoms with van der Waals surface area (Å²) in [7, 11) is 1.39. The smallest absolute Gasteiger partial charge is 0.497 e. The second-order valence-electron chi connectivity index (χ2n) is 10.0. The zero-order valence-corrected chi connectivity index (χ0v) is 25.1. The van der Waals surface area contributed by atoms with E-state index in [4.69, 9.17) is 34.8 Å². The standard InChI is InChI=1S/C29H32F2N8O7/c1-29(2,15-30)46-28(41)45-16-44-27-37-25(38-39(27)26-34-9-4-10-35-26)23(36-18-7-5-17(6-8-18)24(32)33)20-13-19(42-3)14-21(22(20)31)43-12-11-40/h4-10,13-14,23,36,40H,11-12,15-16H2,1-3H3,(H3,32,33)/t23-/m1/s1. The first-order chi connectivity index (χ1) is 22.0. The molecule has 1 atom stereocenters. The number of carbonyl (C=O) groups is 1. The molecule has 0 fully saturated rings. The molecule has 2 aromatic carbocycles. The van der Waals surface area contributed by atoms with Gasteiger partial charge in [0.1, 0.15) is 36.5 Å². The van der Waals surface area contributed by atoms with Crippen molar-refractivity contribution in [2.24, 2.45) is 5.73 Å². The van der Waals surface area contributed by atoms with E-state index in [1.807, 2.05) is 0 Å². The van der Waals surface area contributed by atoms with Crippen molar-refractivity contribution >= 4 is 17.7 Å². The number of methoxy groups -OCH3 is 1. The van der Waals surface area contributed by atoms with E-state index < -0.39 is 37.1 Å². The molecule has 0 amide bonds. The highest BCUT2D eigenvalue weighted by Crippen LogP contribution is 2.36. The molecular formula is C29H32F2N8O7. The molecule has 0 unspecified atom stereocenters. The molecule has 0 aliphatic rings. The first-order valence-electron chi connectivity index (χ1n) is 13.7. The van der Waals surface area contributed by atoms with E-state index in [2.05, 4.69) is 25.4 Å². The van der Waals surface area contributed by atoms with Gasteiger partial charge in [-0.3, -0.25) is 5.41 Å². The van der Waals surface area contributed by atoms with Gasteiger partial charge in [0.25, 0.3) is 5.95 Å². The number of rotatable bonds is 15. The minimum atomic E-state index is -1.41. The number of hydrogen-bond acceptors (Lipinski definition) is 13. The molecule has 0 saturated heterocycles. The largest absolute Gasteiger partial charge is 0.511 e. The Morgan fingerprint density at radius 1 is 1.17 bits per heavy atom. The number of hydrogen-bond donors (Lipinski definition) is 4. The van der Waals surface area contributed by atoms with Gasteiger partial charge in [-0.25, -0.2) is 23.5 Å². The third-order valence-corrected chi connectivity index (χ3v) is 6.08. The van der Waals surface area contributed by atoms with Gasteiger partial charge in [0.05, 0.1) is 13.7 Å². The highest BCUT2D eigenvalue weighted by Gasteiger charge is 2.29. The summed E-state index contributed by atoms with van der Waals surface area (Å²) in [5.41, 5.74) is 5.08. The van der Waals surface area contributed by atoms with Gasteiger partial charge in [-0.2, -0.15) is 4.98 Å². The van der Waals surface area contributed by atoms with Crippen molar-refractivity contribution in [3.63, 3.8) is 0 Å². The molecule has 4 rings (SSSR count). The van der Waals surface area contributed by atoms with Gasteiger partial charge in [0.2, 0.25) is 6.79 Å². The van der Waals surface area contributed by atoms with Crippen LogP contribution >= 0.6 is 0 Å². The first kappa shape index (κ1) is 33.3. The van der Waals surface area contributed by atoms with Crippen LogP contribution in [0.4, 0.5) is 19.3 Å². The minimum Gasteiger partial charge on any atom is -0.497 e. The lowest BCUT2D eigenvalue weighted by Crippen LogP contribution is -2.31. The number of amidine groups is 1. The number of aromatic nitrogens is 5. The van der Waals surface area contributed by atoms with Crippen LogP contribution < -0.4 is 25.3 Å². The van der Waals surface area contributed by atoms with Crippen molar-refractivity contribution in [2.45, 2.75) is 25.5 Å². The topological polar surface area (TPSA) is 202 Å². The van der Waals surface area contributed by atoms with E-state index in [1.165, 1.54) is 45.5 Å². The number of nitrogens with zero attached hydrogens (tertiary/aromatic N) is 5. The lowest BCUT2D eigenvalue weighted by atomic mass is 10.0. The summed E-state index contributed by atoms with van der Waals surface area (Å²) in [6.07, 6.45) is 1.70. The van der Waals surface area contributed by atoms with Crippen molar-refractivity contribution in [1.82, 2.24) is 24.7 Å². The number of ether oxygens (including phenoxy) is 5. The molecule has 0 bridgehead atoms. The molecule has 4 aromatic rings. The van der Waals surface area contributed by atoms with E-state index in [1.54, 1.807) is 30.3 Å². The zero-order chi connectivity index (χ0) is 33.3. The average molecular weight is 643 g/mol. The fourth-order valence-electron chi connectivity index (χ4n) is 3.85. The molecule has 244 valence electrons. The number of anilines is 1. The number of halogens is 2. The Morgan fingerprint density at radius 3 is 2.52 bits per heavy atom. The quantitative estimate of drug-likeness (QED) is 0.0637. The van der Waals surface area contributed by atoms with E-state index in [0.29, 0.717) is 11.3 Å². The molecule has 15 nitrogen and oxygen atoms in total. The van der Waals surface area contributed by atoms with Crippen LogP contribution in [0.2, 0.25) is 0 Å². The normalized spacial score (nSPS) is 11.8. The van der Waals surface area contributed by atoms with Crippen molar-refractivity contribution in [2.75, 3.05) is 39.1 Å². The summed E-state index contributed by atoms with van der Waals surface area (Å²) in [4.78, 5) is 24.8. The number of aliphatic hydroxyl groups excluding tert-OH is 1. The van der Waals surface area contributed by atoms with Crippen LogP contribution in [0, 0.1) is 11.2 Å². The fourth-order valence-corrected chi connectivity index (χ4v) is 3.85. The molecule has 0 radical (unpaired) electrons. The molecule has 0 saturated carbocycles. The lowest BCUT2D eigenvalue weighted by Gasteiger charge is -2.21. The third-order valence-electron chi connectivity index (χ3n) is 6.08. The summed E-state index contributed by atoms with van der Waals surface area (Å²) < 4.78 is 56.4. The third kappa shape index (κ3) is 8.32. The molecule has 17 heteroatoms. The number of aliphatic hydroxyl groups is 1. The maximum absolute atomic E-state index is 16.0. The maximum Gasteiger partial charge on any atom is 0.511 e. The van der Waals surface area contributed by atoms with E-state index >= 15 is 4.39 Å². The van der Waals surface area contributed by atoms with E-state index in [9.17, 15) is 14.3 Å². The highest BCUT2D eigenvalue weighted by molar-refractivity contribution is 5.95. The second kappa shape index (κ2) is 14.9. The monoisotopic (exact) mass is 642 g/mol. The number of carbonyl (C=O) groups excluding carboxylic acids is 1. The summed E-state index contributed by atoms with van der Waals surface area (Å²) in [5.74, 6) is -0.957.